The molecule has 0 spiro atoms. The van der Waals surface area contributed by atoms with E-state index in [1.165, 1.54) is 51.5 Å². The van der Waals surface area contributed by atoms with Gasteiger partial charge in [-0.1, -0.05) is 12.8 Å². The van der Waals surface area contributed by atoms with E-state index in [2.05, 4.69) is 5.32 Å². The van der Waals surface area contributed by atoms with Crippen LogP contribution in [-0.4, -0.2) is 18.6 Å². The zero-order valence-electron chi connectivity index (χ0n) is 9.62. The third kappa shape index (κ3) is 1.83. The Morgan fingerprint density at radius 1 is 1.00 bits per heavy atom. The number of nitrogens with one attached hydrogen (secondary N) is 1. The highest BCUT2D eigenvalue weighted by Crippen LogP contribution is 2.47. The first-order valence-electron chi connectivity index (χ1n) is 6.83. The zero-order valence-corrected chi connectivity index (χ0v) is 9.62. The van der Waals surface area contributed by atoms with Crippen molar-refractivity contribution in [3.05, 3.63) is 0 Å². The zero-order chi connectivity index (χ0) is 10.3. The summed E-state index contributed by atoms with van der Waals surface area (Å²) in [6.07, 6.45) is 9.95. The lowest BCUT2D eigenvalue weighted by Crippen LogP contribution is -2.43. The molecule has 0 radical (unpaired) electrons. The average molecular weight is 208 g/mol. The number of fused-ring (bicyclic) bond motifs is 2. The van der Waals surface area contributed by atoms with Crippen molar-refractivity contribution >= 4 is 0 Å². The molecule has 15 heavy (non-hydrogen) atoms. The standard InChI is InChI=1S/C13H24N2/c14-13-10-6-5-9(7-10)12(13)8-15-11-3-1-2-4-11/h9-13,15H,1-8,14H2. The molecule has 0 aromatic rings. The molecule has 3 fully saturated rings. The average Bonchev–Trinajstić information content (AvgIpc) is 2.92. The van der Waals surface area contributed by atoms with Crippen LogP contribution in [0.5, 0.6) is 0 Å². The molecular weight excluding hydrogens is 184 g/mol. The van der Waals surface area contributed by atoms with Crippen LogP contribution in [0.3, 0.4) is 0 Å². The van der Waals surface area contributed by atoms with Gasteiger partial charge < -0.3 is 11.1 Å². The second-order valence-electron chi connectivity index (χ2n) is 5.96. The van der Waals surface area contributed by atoms with Crippen molar-refractivity contribution in [1.82, 2.24) is 5.32 Å². The van der Waals surface area contributed by atoms with Gasteiger partial charge in [0.1, 0.15) is 0 Å². The molecule has 2 nitrogen and oxygen atoms in total. The van der Waals surface area contributed by atoms with Crippen LogP contribution < -0.4 is 11.1 Å². The minimum absolute atomic E-state index is 0.512. The van der Waals surface area contributed by atoms with Crippen molar-refractivity contribution in [3.63, 3.8) is 0 Å². The Balaban J connectivity index is 1.50. The van der Waals surface area contributed by atoms with Crippen LogP contribution in [0, 0.1) is 17.8 Å². The quantitative estimate of drug-likeness (QED) is 0.743. The van der Waals surface area contributed by atoms with E-state index >= 15 is 0 Å². The Morgan fingerprint density at radius 3 is 2.40 bits per heavy atom. The van der Waals surface area contributed by atoms with Gasteiger partial charge in [-0.2, -0.15) is 0 Å². The summed E-state index contributed by atoms with van der Waals surface area (Å²) in [4.78, 5) is 0. The van der Waals surface area contributed by atoms with Gasteiger partial charge in [0, 0.05) is 12.1 Å². The Labute approximate surface area is 93.0 Å². The lowest BCUT2D eigenvalue weighted by Gasteiger charge is -2.29. The minimum Gasteiger partial charge on any atom is -0.327 e. The fourth-order valence-corrected chi connectivity index (χ4v) is 4.19. The summed E-state index contributed by atoms with van der Waals surface area (Å²) >= 11 is 0. The highest BCUT2D eigenvalue weighted by Gasteiger charge is 2.45. The predicted molar refractivity (Wildman–Crippen MR) is 62.6 cm³/mol. The highest BCUT2D eigenvalue weighted by molar-refractivity contribution is 4.99. The molecule has 3 N–H and O–H groups in total. The van der Waals surface area contributed by atoms with E-state index in [1.54, 1.807) is 0 Å². The molecule has 2 bridgehead atoms. The van der Waals surface area contributed by atoms with Gasteiger partial charge in [0.05, 0.1) is 0 Å². The molecule has 3 aliphatic rings. The third-order valence-electron chi connectivity index (χ3n) is 5.16. The second kappa shape index (κ2) is 4.06. The van der Waals surface area contributed by atoms with Gasteiger partial charge in [-0.3, -0.25) is 0 Å². The molecule has 0 saturated heterocycles. The topological polar surface area (TPSA) is 38.0 Å². The van der Waals surface area contributed by atoms with Crippen LogP contribution in [0.2, 0.25) is 0 Å². The van der Waals surface area contributed by atoms with Gasteiger partial charge >= 0.3 is 0 Å². The Bertz CT molecular complexity index is 221. The first-order chi connectivity index (χ1) is 7.34. The van der Waals surface area contributed by atoms with Crippen LogP contribution in [0.4, 0.5) is 0 Å². The molecule has 0 amide bonds. The fourth-order valence-electron chi connectivity index (χ4n) is 4.19. The molecule has 86 valence electrons. The summed E-state index contributed by atoms with van der Waals surface area (Å²) in [5.41, 5.74) is 6.31. The van der Waals surface area contributed by atoms with E-state index in [0.29, 0.717) is 6.04 Å². The molecule has 3 rings (SSSR count). The summed E-state index contributed by atoms with van der Waals surface area (Å²) in [5, 5.41) is 3.76. The van der Waals surface area contributed by atoms with Crippen LogP contribution >= 0.6 is 0 Å². The first kappa shape index (κ1) is 10.1. The predicted octanol–water partition coefficient (Wildman–Crippen LogP) is 1.89. The molecule has 2 heteroatoms. The molecule has 4 atom stereocenters. The minimum atomic E-state index is 0.512. The Kier molecular flexibility index (Phi) is 2.73. The number of hydrogen-bond acceptors (Lipinski definition) is 2. The van der Waals surface area contributed by atoms with E-state index in [1.807, 2.05) is 0 Å². The maximum Gasteiger partial charge on any atom is 0.0110 e. The maximum atomic E-state index is 6.31. The first-order valence-corrected chi connectivity index (χ1v) is 6.83. The van der Waals surface area contributed by atoms with Crippen molar-refractivity contribution in [1.29, 1.82) is 0 Å². The van der Waals surface area contributed by atoms with Gasteiger partial charge in [0.25, 0.3) is 0 Å². The Hall–Kier alpha value is -0.0800. The lowest BCUT2D eigenvalue weighted by molar-refractivity contribution is 0.269. The highest BCUT2D eigenvalue weighted by atomic mass is 14.9. The number of rotatable bonds is 3. The summed E-state index contributed by atoms with van der Waals surface area (Å²) in [6.45, 7) is 1.20. The van der Waals surface area contributed by atoms with E-state index in [0.717, 1.165) is 23.8 Å². The van der Waals surface area contributed by atoms with E-state index < -0.39 is 0 Å². The van der Waals surface area contributed by atoms with Crippen molar-refractivity contribution in [2.45, 2.75) is 57.0 Å². The van der Waals surface area contributed by atoms with Crippen LogP contribution in [-0.2, 0) is 0 Å². The van der Waals surface area contributed by atoms with E-state index in [9.17, 15) is 0 Å². The number of hydrogen-bond donors (Lipinski definition) is 2. The monoisotopic (exact) mass is 208 g/mol. The number of nitrogens with two attached hydrogens (primary N) is 1. The van der Waals surface area contributed by atoms with Crippen LogP contribution in [0.15, 0.2) is 0 Å². The van der Waals surface area contributed by atoms with Crippen LogP contribution in [0.25, 0.3) is 0 Å². The summed E-state index contributed by atoms with van der Waals surface area (Å²) in [5.74, 6) is 2.62. The molecule has 3 aliphatic carbocycles. The van der Waals surface area contributed by atoms with Gasteiger partial charge in [0.2, 0.25) is 0 Å². The summed E-state index contributed by atoms with van der Waals surface area (Å²) in [7, 11) is 0. The third-order valence-corrected chi connectivity index (χ3v) is 5.16. The van der Waals surface area contributed by atoms with Gasteiger partial charge in [-0.25, -0.2) is 0 Å². The van der Waals surface area contributed by atoms with Gasteiger partial charge in [-0.15, -0.1) is 0 Å². The second-order valence-corrected chi connectivity index (χ2v) is 5.96. The molecular formula is C13H24N2. The summed E-state index contributed by atoms with van der Waals surface area (Å²) < 4.78 is 0. The normalized spacial score (nSPS) is 45.4. The maximum absolute atomic E-state index is 6.31. The molecule has 0 heterocycles. The van der Waals surface area contributed by atoms with Crippen molar-refractivity contribution in [3.8, 4) is 0 Å². The smallest absolute Gasteiger partial charge is 0.0110 e. The molecule has 4 unspecified atom stereocenters. The van der Waals surface area contributed by atoms with E-state index in [4.69, 9.17) is 5.73 Å². The largest absolute Gasteiger partial charge is 0.327 e. The molecule has 0 aromatic carbocycles. The lowest BCUT2D eigenvalue weighted by atomic mass is 9.85. The SMILES string of the molecule is NC1C2CCC(C2)C1CNC1CCCC1. The summed E-state index contributed by atoms with van der Waals surface area (Å²) in [6, 6.07) is 1.33. The van der Waals surface area contributed by atoms with Gasteiger partial charge in [0.15, 0.2) is 0 Å². The Morgan fingerprint density at radius 2 is 1.73 bits per heavy atom. The van der Waals surface area contributed by atoms with E-state index in [-0.39, 0.29) is 0 Å². The molecule has 3 saturated carbocycles. The van der Waals surface area contributed by atoms with Crippen molar-refractivity contribution in [2.24, 2.45) is 23.5 Å². The molecule has 0 aliphatic heterocycles. The van der Waals surface area contributed by atoms with Crippen LogP contribution in [0.1, 0.15) is 44.9 Å². The van der Waals surface area contributed by atoms with Crippen molar-refractivity contribution in [2.75, 3.05) is 6.54 Å². The van der Waals surface area contributed by atoms with Crippen molar-refractivity contribution < 1.29 is 0 Å². The molecule has 0 aromatic heterocycles. The fraction of sp³-hybridized carbons (Fsp3) is 1.00. The van der Waals surface area contributed by atoms with Gasteiger partial charge in [-0.05, 0) is 56.4 Å².